The van der Waals surface area contributed by atoms with E-state index >= 15 is 0 Å². The number of ether oxygens (including phenoxy) is 1. The number of hydrogen-bond donors (Lipinski definition) is 2. The second kappa shape index (κ2) is 4.96. The summed E-state index contributed by atoms with van der Waals surface area (Å²) in [6.07, 6.45) is 0.698. The lowest BCUT2D eigenvalue weighted by Crippen LogP contribution is -2.33. The van der Waals surface area contributed by atoms with Crippen LogP contribution in [0.25, 0.3) is 0 Å². The Balaban J connectivity index is 3.62. The van der Waals surface area contributed by atoms with E-state index in [1.54, 1.807) is 0 Å². The Kier molecular flexibility index (Phi) is 4.53. The molecule has 0 amide bonds. The van der Waals surface area contributed by atoms with Crippen molar-refractivity contribution >= 4 is 5.97 Å². The van der Waals surface area contributed by atoms with Gasteiger partial charge < -0.3 is 16.2 Å². The monoisotopic (exact) mass is 144 g/mol. The van der Waals surface area contributed by atoms with Crippen molar-refractivity contribution in [3.8, 4) is 0 Å². The summed E-state index contributed by atoms with van der Waals surface area (Å²) >= 11 is 0. The molecule has 0 aliphatic carbocycles. The predicted molar refractivity (Wildman–Crippen MR) is 38.2 cm³/mol. The molecule has 4 heteroatoms. The van der Waals surface area contributed by atoms with Crippen LogP contribution in [0.2, 0.25) is 0 Å². The molecule has 4 N–H and O–H groups in total. The van der Waals surface area contributed by atoms with Crippen LogP contribution in [0.3, 0.4) is 0 Å². The Bertz CT molecular complexity index is 121. The van der Waals surface area contributed by atoms with Gasteiger partial charge in [-0.05, 0) is 0 Å². The second-order valence-electron chi connectivity index (χ2n) is 1.73. The van der Waals surface area contributed by atoms with Crippen molar-refractivity contribution in [2.75, 3.05) is 13.1 Å². The third-order valence-electron chi connectivity index (χ3n) is 0.975. The SMILES string of the molecule is C=CC(=O)OC(CN)CN. The Morgan fingerprint density at radius 2 is 2.10 bits per heavy atom. The lowest BCUT2D eigenvalue weighted by molar-refractivity contribution is -0.142. The highest BCUT2D eigenvalue weighted by Gasteiger charge is 2.06. The first-order valence-electron chi connectivity index (χ1n) is 2.97. The number of rotatable bonds is 4. The maximum atomic E-state index is 10.5. The summed E-state index contributed by atoms with van der Waals surface area (Å²) in [7, 11) is 0. The molecule has 0 spiro atoms. The largest absolute Gasteiger partial charge is 0.457 e. The molecule has 0 unspecified atom stereocenters. The smallest absolute Gasteiger partial charge is 0.330 e. The Labute approximate surface area is 59.8 Å². The molecule has 0 rings (SSSR count). The molecule has 0 aromatic carbocycles. The van der Waals surface area contributed by atoms with Gasteiger partial charge in [0.05, 0.1) is 0 Å². The molecule has 0 bridgehead atoms. The van der Waals surface area contributed by atoms with Gasteiger partial charge in [0.2, 0.25) is 0 Å². The second-order valence-corrected chi connectivity index (χ2v) is 1.73. The van der Waals surface area contributed by atoms with Crippen molar-refractivity contribution in [3.63, 3.8) is 0 Å². The van der Waals surface area contributed by atoms with Gasteiger partial charge in [0.1, 0.15) is 6.10 Å². The highest BCUT2D eigenvalue weighted by Crippen LogP contribution is 1.87. The number of carbonyl (C=O) groups excluding carboxylic acids is 1. The van der Waals surface area contributed by atoms with Gasteiger partial charge >= 0.3 is 5.97 Å². The van der Waals surface area contributed by atoms with E-state index in [-0.39, 0.29) is 19.2 Å². The van der Waals surface area contributed by atoms with Crippen LogP contribution in [-0.4, -0.2) is 25.2 Å². The first-order valence-corrected chi connectivity index (χ1v) is 2.97. The van der Waals surface area contributed by atoms with Crippen LogP contribution in [0.15, 0.2) is 12.7 Å². The zero-order chi connectivity index (χ0) is 7.98. The molecule has 0 aromatic heterocycles. The number of esters is 1. The third-order valence-corrected chi connectivity index (χ3v) is 0.975. The van der Waals surface area contributed by atoms with Crippen molar-refractivity contribution in [3.05, 3.63) is 12.7 Å². The summed E-state index contributed by atoms with van der Waals surface area (Å²) in [4.78, 5) is 10.5. The molecule has 0 heterocycles. The summed E-state index contributed by atoms with van der Waals surface area (Å²) in [6.45, 7) is 3.72. The van der Waals surface area contributed by atoms with Crippen molar-refractivity contribution in [1.82, 2.24) is 0 Å². The first-order chi connectivity index (χ1) is 4.74. The molecule has 0 radical (unpaired) electrons. The molecular formula is C6H12N2O2. The summed E-state index contributed by atoms with van der Waals surface area (Å²) in [5, 5.41) is 0. The Morgan fingerprint density at radius 3 is 2.40 bits per heavy atom. The van der Waals surface area contributed by atoms with Crippen molar-refractivity contribution in [2.24, 2.45) is 11.5 Å². The van der Waals surface area contributed by atoms with E-state index in [1.807, 2.05) is 0 Å². The molecule has 0 aliphatic rings. The zero-order valence-corrected chi connectivity index (χ0v) is 5.75. The van der Waals surface area contributed by atoms with E-state index in [2.05, 4.69) is 6.58 Å². The van der Waals surface area contributed by atoms with Gasteiger partial charge in [0.25, 0.3) is 0 Å². The van der Waals surface area contributed by atoms with Crippen LogP contribution < -0.4 is 11.5 Å². The standard InChI is InChI=1S/C6H12N2O2/c1-2-6(9)10-5(3-7)4-8/h2,5H,1,3-4,7-8H2. The molecule has 0 atom stereocenters. The van der Waals surface area contributed by atoms with Gasteiger partial charge in [-0.25, -0.2) is 4.79 Å². The fourth-order valence-electron chi connectivity index (χ4n) is 0.405. The highest BCUT2D eigenvalue weighted by molar-refractivity contribution is 5.81. The van der Waals surface area contributed by atoms with Crippen LogP contribution in [0.1, 0.15) is 0 Å². The van der Waals surface area contributed by atoms with Crippen molar-refractivity contribution in [1.29, 1.82) is 0 Å². The fourth-order valence-corrected chi connectivity index (χ4v) is 0.405. The maximum Gasteiger partial charge on any atom is 0.330 e. The molecule has 0 aromatic rings. The minimum Gasteiger partial charge on any atom is -0.457 e. The van der Waals surface area contributed by atoms with Crippen LogP contribution in [0, 0.1) is 0 Å². The summed E-state index contributed by atoms with van der Waals surface area (Å²) < 4.78 is 4.69. The summed E-state index contributed by atoms with van der Waals surface area (Å²) in [6, 6.07) is 0. The average molecular weight is 144 g/mol. The number of nitrogens with two attached hydrogens (primary N) is 2. The molecule has 10 heavy (non-hydrogen) atoms. The first kappa shape index (κ1) is 9.13. The lowest BCUT2D eigenvalue weighted by Gasteiger charge is -2.11. The third kappa shape index (κ3) is 3.21. The normalized spacial score (nSPS) is 9.50. The van der Waals surface area contributed by atoms with E-state index < -0.39 is 5.97 Å². The molecule has 0 saturated heterocycles. The van der Waals surface area contributed by atoms with E-state index in [4.69, 9.17) is 16.2 Å². The lowest BCUT2D eigenvalue weighted by atomic mass is 10.3. The van der Waals surface area contributed by atoms with E-state index in [1.165, 1.54) is 0 Å². The van der Waals surface area contributed by atoms with Gasteiger partial charge in [-0.15, -0.1) is 0 Å². The van der Waals surface area contributed by atoms with Crippen molar-refractivity contribution < 1.29 is 9.53 Å². The van der Waals surface area contributed by atoms with Crippen LogP contribution >= 0.6 is 0 Å². The van der Waals surface area contributed by atoms with Gasteiger partial charge in [0, 0.05) is 19.2 Å². The maximum absolute atomic E-state index is 10.5. The van der Waals surface area contributed by atoms with Crippen LogP contribution in [0.4, 0.5) is 0 Å². The average Bonchev–Trinajstić information content (AvgIpc) is 1.99. The highest BCUT2D eigenvalue weighted by atomic mass is 16.5. The minimum absolute atomic E-state index is 0.246. The molecule has 58 valence electrons. The minimum atomic E-state index is -0.485. The Hall–Kier alpha value is -0.870. The zero-order valence-electron chi connectivity index (χ0n) is 5.75. The van der Waals surface area contributed by atoms with Crippen LogP contribution in [-0.2, 0) is 9.53 Å². The fraction of sp³-hybridized carbons (Fsp3) is 0.500. The van der Waals surface area contributed by atoms with Gasteiger partial charge in [0.15, 0.2) is 0 Å². The summed E-state index contributed by atoms with van der Waals surface area (Å²) in [5.41, 5.74) is 10.4. The molecule has 0 fully saturated rings. The Morgan fingerprint density at radius 1 is 1.60 bits per heavy atom. The summed E-state index contributed by atoms with van der Waals surface area (Å²) in [5.74, 6) is -0.485. The number of carbonyl (C=O) groups is 1. The van der Waals surface area contributed by atoms with Gasteiger partial charge in [-0.3, -0.25) is 0 Å². The van der Waals surface area contributed by atoms with E-state index in [0.29, 0.717) is 0 Å². The van der Waals surface area contributed by atoms with Crippen LogP contribution in [0.5, 0.6) is 0 Å². The van der Waals surface area contributed by atoms with E-state index in [0.717, 1.165) is 6.08 Å². The quantitative estimate of drug-likeness (QED) is 0.392. The molecule has 4 nitrogen and oxygen atoms in total. The van der Waals surface area contributed by atoms with Gasteiger partial charge in [-0.2, -0.15) is 0 Å². The van der Waals surface area contributed by atoms with Crippen molar-refractivity contribution in [2.45, 2.75) is 6.10 Å². The predicted octanol–water partition coefficient (Wildman–Crippen LogP) is -0.998. The number of hydrogen-bond acceptors (Lipinski definition) is 4. The topological polar surface area (TPSA) is 78.3 Å². The molecule has 0 aliphatic heterocycles. The van der Waals surface area contributed by atoms with Gasteiger partial charge in [-0.1, -0.05) is 6.58 Å². The van der Waals surface area contributed by atoms with E-state index in [9.17, 15) is 4.79 Å². The molecule has 0 saturated carbocycles. The molecular weight excluding hydrogens is 132 g/mol.